The number of nitrogens with zero attached hydrogens (tertiary/aromatic N) is 1. The minimum Gasteiger partial charge on any atom is -0.452 e. The molecule has 6 nitrogen and oxygen atoms in total. The lowest BCUT2D eigenvalue weighted by molar-refractivity contribution is -0.119. The van der Waals surface area contributed by atoms with Crippen LogP contribution in [-0.2, 0) is 9.53 Å². The number of benzene rings is 1. The molecule has 28 heavy (non-hydrogen) atoms. The zero-order valence-corrected chi connectivity index (χ0v) is 16.1. The molecule has 1 amide bonds. The van der Waals surface area contributed by atoms with Crippen molar-refractivity contribution in [2.24, 2.45) is 0 Å². The number of esters is 1. The number of Topliss-reactive ketones (excluding diaryl/α,β-unsaturated/α-hetero) is 1. The van der Waals surface area contributed by atoms with Gasteiger partial charge in [-0.15, -0.1) is 0 Å². The number of nitrogens with one attached hydrogen (secondary N) is 1. The summed E-state index contributed by atoms with van der Waals surface area (Å²) in [5.74, 6) is -0.840. The predicted octanol–water partition coefficient (Wildman–Crippen LogP) is 4.06. The zero-order valence-electron chi connectivity index (χ0n) is 16.1. The van der Waals surface area contributed by atoms with Crippen molar-refractivity contribution < 1.29 is 19.1 Å². The van der Waals surface area contributed by atoms with Crippen LogP contribution in [0.3, 0.4) is 0 Å². The molecule has 6 heteroatoms. The predicted molar refractivity (Wildman–Crippen MR) is 107 cm³/mol. The van der Waals surface area contributed by atoms with E-state index in [2.05, 4.69) is 19.2 Å². The van der Waals surface area contributed by atoms with Crippen LogP contribution in [0.25, 0.3) is 5.52 Å². The average molecular weight is 378 g/mol. The Hall–Kier alpha value is -3.41. The van der Waals surface area contributed by atoms with E-state index in [1.54, 1.807) is 28.8 Å². The Morgan fingerprint density at radius 2 is 1.79 bits per heavy atom. The summed E-state index contributed by atoms with van der Waals surface area (Å²) in [5, 5.41) is 2.70. The van der Waals surface area contributed by atoms with Gasteiger partial charge in [0, 0.05) is 18.8 Å². The minimum atomic E-state index is -0.651. The molecule has 2 heterocycles. The maximum absolute atomic E-state index is 12.4. The molecule has 0 bridgehead atoms. The van der Waals surface area contributed by atoms with Crippen LogP contribution in [0.5, 0.6) is 0 Å². The minimum absolute atomic E-state index is 0.164. The van der Waals surface area contributed by atoms with Crippen LogP contribution >= 0.6 is 0 Å². The van der Waals surface area contributed by atoms with Crippen LogP contribution in [0.2, 0.25) is 0 Å². The number of amides is 1. The molecule has 144 valence electrons. The van der Waals surface area contributed by atoms with Gasteiger partial charge in [0.2, 0.25) is 0 Å². The molecule has 3 rings (SSSR count). The molecule has 0 radical (unpaired) electrons. The number of carbonyl (C=O) groups is 3. The molecular weight excluding hydrogens is 356 g/mol. The van der Waals surface area contributed by atoms with E-state index in [9.17, 15) is 14.4 Å². The van der Waals surface area contributed by atoms with Crippen molar-refractivity contribution in [3.63, 3.8) is 0 Å². The van der Waals surface area contributed by atoms with Gasteiger partial charge in [-0.25, -0.2) is 4.79 Å². The van der Waals surface area contributed by atoms with Crippen LogP contribution in [-0.4, -0.2) is 28.7 Å². The van der Waals surface area contributed by atoms with Crippen LogP contribution in [0.15, 0.2) is 54.7 Å². The highest BCUT2D eigenvalue weighted by Crippen LogP contribution is 2.19. The summed E-state index contributed by atoms with van der Waals surface area (Å²) in [6, 6.07) is 14.3. The number of ketones is 1. The van der Waals surface area contributed by atoms with Crippen molar-refractivity contribution >= 4 is 28.9 Å². The van der Waals surface area contributed by atoms with Gasteiger partial charge in [0.1, 0.15) is 0 Å². The monoisotopic (exact) mass is 378 g/mol. The van der Waals surface area contributed by atoms with Crippen molar-refractivity contribution in [2.75, 3.05) is 11.9 Å². The van der Waals surface area contributed by atoms with Gasteiger partial charge in [-0.3, -0.25) is 9.59 Å². The number of carbonyl (C=O) groups excluding carboxylic acids is 3. The van der Waals surface area contributed by atoms with E-state index in [-0.39, 0.29) is 11.3 Å². The molecule has 0 fully saturated rings. The van der Waals surface area contributed by atoms with Crippen molar-refractivity contribution in [1.29, 1.82) is 0 Å². The molecule has 0 aliphatic heterocycles. The molecule has 0 saturated carbocycles. The maximum Gasteiger partial charge on any atom is 0.340 e. The van der Waals surface area contributed by atoms with Gasteiger partial charge in [0.25, 0.3) is 5.91 Å². The van der Waals surface area contributed by atoms with E-state index in [1.165, 1.54) is 18.6 Å². The van der Waals surface area contributed by atoms with Crippen LogP contribution in [0.1, 0.15) is 53.1 Å². The van der Waals surface area contributed by atoms with Gasteiger partial charge in [-0.05, 0) is 41.8 Å². The summed E-state index contributed by atoms with van der Waals surface area (Å²) in [4.78, 5) is 36.3. The van der Waals surface area contributed by atoms with Gasteiger partial charge in [-0.2, -0.15) is 0 Å². The van der Waals surface area contributed by atoms with E-state index < -0.39 is 18.5 Å². The number of aromatic nitrogens is 1. The third-order valence-electron chi connectivity index (χ3n) is 4.45. The first-order chi connectivity index (χ1) is 13.4. The molecule has 1 aromatic carbocycles. The lowest BCUT2D eigenvalue weighted by atomic mass is 10.0. The Labute approximate surface area is 163 Å². The molecule has 0 spiro atoms. The van der Waals surface area contributed by atoms with Crippen molar-refractivity contribution in [2.45, 2.75) is 26.7 Å². The Bertz CT molecular complexity index is 1030. The Morgan fingerprint density at radius 1 is 1.07 bits per heavy atom. The first kappa shape index (κ1) is 19.4. The van der Waals surface area contributed by atoms with Crippen molar-refractivity contribution in [1.82, 2.24) is 4.40 Å². The smallest absolute Gasteiger partial charge is 0.340 e. The third-order valence-corrected chi connectivity index (χ3v) is 4.45. The Kier molecular flexibility index (Phi) is 5.59. The second-order valence-electron chi connectivity index (χ2n) is 6.86. The van der Waals surface area contributed by atoms with E-state index in [0.29, 0.717) is 22.8 Å². The van der Waals surface area contributed by atoms with Crippen LogP contribution in [0.4, 0.5) is 5.69 Å². The second kappa shape index (κ2) is 8.08. The summed E-state index contributed by atoms with van der Waals surface area (Å²) in [6.07, 6.45) is 1.70. The Morgan fingerprint density at radius 3 is 2.43 bits per heavy atom. The number of pyridine rings is 1. The van der Waals surface area contributed by atoms with E-state index in [0.717, 1.165) is 0 Å². The fourth-order valence-electron chi connectivity index (χ4n) is 2.94. The molecule has 0 aliphatic carbocycles. The van der Waals surface area contributed by atoms with E-state index in [4.69, 9.17) is 4.74 Å². The quantitative estimate of drug-likeness (QED) is 0.518. The van der Waals surface area contributed by atoms with Gasteiger partial charge in [-0.1, -0.05) is 32.0 Å². The standard InChI is InChI=1S/C22H22N2O4/c1-14(2)16-7-9-17(10-8-16)23-21(26)13-28-22(27)18-12-20(15(3)25)24-11-5-4-6-19(18)24/h4-12,14H,13H2,1-3H3,(H,23,26). The summed E-state index contributed by atoms with van der Waals surface area (Å²) >= 11 is 0. The molecule has 0 saturated heterocycles. The fraction of sp³-hybridized carbons (Fsp3) is 0.227. The van der Waals surface area contributed by atoms with Crippen LogP contribution < -0.4 is 5.32 Å². The molecule has 1 N–H and O–H groups in total. The highest BCUT2D eigenvalue weighted by atomic mass is 16.5. The number of fused-ring (bicyclic) bond motifs is 1. The molecule has 2 aromatic heterocycles. The van der Waals surface area contributed by atoms with Gasteiger partial charge in [0.15, 0.2) is 12.4 Å². The zero-order chi connectivity index (χ0) is 20.3. The SMILES string of the molecule is CC(=O)c1cc(C(=O)OCC(=O)Nc2ccc(C(C)C)cc2)c2ccccn12. The summed E-state index contributed by atoms with van der Waals surface area (Å²) in [7, 11) is 0. The van der Waals surface area contributed by atoms with Crippen molar-refractivity contribution in [3.05, 3.63) is 71.5 Å². The normalized spacial score (nSPS) is 10.9. The average Bonchev–Trinajstić information content (AvgIpc) is 3.06. The number of hydrogen-bond acceptors (Lipinski definition) is 4. The lowest BCUT2D eigenvalue weighted by Crippen LogP contribution is -2.20. The topological polar surface area (TPSA) is 76.9 Å². The molecule has 0 atom stereocenters. The highest BCUT2D eigenvalue weighted by molar-refractivity contribution is 6.04. The molecule has 0 aliphatic rings. The van der Waals surface area contributed by atoms with Gasteiger partial charge >= 0.3 is 5.97 Å². The summed E-state index contributed by atoms with van der Waals surface area (Å²) in [5.41, 5.74) is 3.00. The van der Waals surface area contributed by atoms with E-state index in [1.807, 2.05) is 24.3 Å². The number of anilines is 1. The number of ether oxygens (including phenoxy) is 1. The van der Waals surface area contributed by atoms with Gasteiger partial charge in [0.05, 0.1) is 16.8 Å². The molecule has 3 aromatic rings. The molecular formula is C22H22N2O4. The number of hydrogen-bond donors (Lipinski definition) is 1. The molecule has 0 unspecified atom stereocenters. The van der Waals surface area contributed by atoms with Crippen molar-refractivity contribution in [3.8, 4) is 0 Å². The largest absolute Gasteiger partial charge is 0.452 e. The third kappa shape index (κ3) is 4.11. The first-order valence-electron chi connectivity index (χ1n) is 9.04. The number of rotatable bonds is 6. The summed E-state index contributed by atoms with van der Waals surface area (Å²) < 4.78 is 6.78. The highest BCUT2D eigenvalue weighted by Gasteiger charge is 2.19. The fourth-order valence-corrected chi connectivity index (χ4v) is 2.94. The van der Waals surface area contributed by atoms with Crippen LogP contribution in [0, 0.1) is 0 Å². The van der Waals surface area contributed by atoms with E-state index >= 15 is 0 Å². The maximum atomic E-state index is 12.4. The second-order valence-corrected chi connectivity index (χ2v) is 6.86. The summed E-state index contributed by atoms with van der Waals surface area (Å²) in [6.45, 7) is 5.21. The first-order valence-corrected chi connectivity index (χ1v) is 9.04. The van der Waals surface area contributed by atoms with Gasteiger partial charge < -0.3 is 14.5 Å². The lowest BCUT2D eigenvalue weighted by Gasteiger charge is -2.09. The Balaban J connectivity index is 1.66.